The van der Waals surface area contributed by atoms with Crippen molar-refractivity contribution in [2.45, 2.75) is 78.9 Å². The third-order valence-electron chi connectivity index (χ3n) is 5.07. The first kappa shape index (κ1) is 28.7. The molecule has 9 nitrogen and oxygen atoms in total. The van der Waals surface area contributed by atoms with E-state index in [9.17, 15) is 29.1 Å². The van der Waals surface area contributed by atoms with Crippen LogP contribution in [0.15, 0.2) is 0 Å². The summed E-state index contributed by atoms with van der Waals surface area (Å²) < 4.78 is 5.67. The van der Waals surface area contributed by atoms with Crippen molar-refractivity contribution in [3.05, 3.63) is 0 Å². The maximum Gasteiger partial charge on any atom is 0.309 e. The molecule has 4 atom stereocenters. The van der Waals surface area contributed by atoms with E-state index in [0.29, 0.717) is 6.42 Å². The smallest absolute Gasteiger partial charge is 0.309 e. The van der Waals surface area contributed by atoms with Gasteiger partial charge in [0.25, 0.3) is 0 Å². The summed E-state index contributed by atoms with van der Waals surface area (Å²) in [5.41, 5.74) is 4.65. The number of carboxylic acids is 1. The number of ketones is 2. The average Bonchev–Trinajstić information content (AvgIpc) is 2.61. The molecule has 0 bridgehead atoms. The number of nitrogens with zero attached hydrogens (tertiary/aromatic N) is 1. The van der Waals surface area contributed by atoms with Crippen molar-refractivity contribution < 1.29 is 33.8 Å². The number of Topliss-reactive ketones (excluding diaryl/α,β-unsaturated/α-hetero) is 2. The molecule has 178 valence electrons. The van der Waals surface area contributed by atoms with Gasteiger partial charge in [0.1, 0.15) is 5.78 Å². The topological polar surface area (TPSA) is 144 Å². The van der Waals surface area contributed by atoms with Gasteiger partial charge in [0.05, 0.1) is 30.1 Å². The van der Waals surface area contributed by atoms with E-state index in [4.69, 9.17) is 10.5 Å². The lowest BCUT2D eigenvalue weighted by Crippen LogP contribution is -2.40. The molecule has 9 heteroatoms. The summed E-state index contributed by atoms with van der Waals surface area (Å²) in [5.74, 6) is -5.46. The van der Waals surface area contributed by atoms with Gasteiger partial charge in [0.15, 0.2) is 5.78 Å². The molecule has 0 rings (SSSR count). The van der Waals surface area contributed by atoms with Crippen molar-refractivity contribution in [3.63, 3.8) is 0 Å². The Morgan fingerprint density at radius 3 is 2.00 bits per heavy atom. The van der Waals surface area contributed by atoms with Gasteiger partial charge in [0, 0.05) is 32.2 Å². The first-order valence-electron chi connectivity index (χ1n) is 10.6. The van der Waals surface area contributed by atoms with Crippen molar-refractivity contribution in [3.8, 4) is 0 Å². The van der Waals surface area contributed by atoms with Crippen LogP contribution < -0.4 is 5.73 Å². The minimum absolute atomic E-state index is 0.124. The van der Waals surface area contributed by atoms with Gasteiger partial charge in [-0.15, -0.1) is 0 Å². The Labute approximate surface area is 184 Å². The number of carbonyl (C=O) groups excluding carboxylic acids is 4. The van der Waals surface area contributed by atoms with Crippen LogP contribution in [0.1, 0.15) is 67.2 Å². The molecule has 0 fully saturated rings. The third kappa shape index (κ3) is 11.1. The Morgan fingerprint density at radius 1 is 1.03 bits per heavy atom. The lowest BCUT2D eigenvalue weighted by molar-refractivity contribution is -0.155. The summed E-state index contributed by atoms with van der Waals surface area (Å²) in [4.78, 5) is 61.8. The summed E-state index contributed by atoms with van der Waals surface area (Å²) >= 11 is 0. The Balaban J connectivity index is 5.30. The lowest BCUT2D eigenvalue weighted by Gasteiger charge is -2.29. The molecule has 31 heavy (non-hydrogen) atoms. The number of amides is 2. The molecule has 0 aliphatic heterocycles. The quantitative estimate of drug-likeness (QED) is 0.417. The van der Waals surface area contributed by atoms with E-state index in [1.165, 1.54) is 11.9 Å². The van der Waals surface area contributed by atoms with Gasteiger partial charge >= 0.3 is 5.97 Å². The number of carboxylic acid groups (broad SMARTS) is 1. The van der Waals surface area contributed by atoms with Crippen molar-refractivity contribution in [2.24, 2.45) is 23.5 Å². The molecule has 1 unspecified atom stereocenters. The molecule has 0 heterocycles. The number of primary amides is 1. The second-order valence-electron chi connectivity index (χ2n) is 9.16. The average molecular weight is 443 g/mol. The minimum Gasteiger partial charge on any atom is -0.481 e. The molecule has 2 amide bonds. The third-order valence-corrected chi connectivity index (χ3v) is 5.07. The fourth-order valence-corrected chi connectivity index (χ4v) is 3.19. The monoisotopic (exact) mass is 442 g/mol. The highest BCUT2D eigenvalue weighted by molar-refractivity contribution is 5.93. The molecule has 0 radical (unpaired) electrons. The highest BCUT2D eigenvalue weighted by atomic mass is 16.5. The van der Waals surface area contributed by atoms with Gasteiger partial charge in [-0.25, -0.2) is 0 Å². The second kappa shape index (κ2) is 12.5. The van der Waals surface area contributed by atoms with Gasteiger partial charge in [-0.3, -0.25) is 24.0 Å². The van der Waals surface area contributed by atoms with E-state index in [1.807, 2.05) is 6.92 Å². The summed E-state index contributed by atoms with van der Waals surface area (Å²) in [6.07, 6.45) is -1.14. The molecule has 0 aromatic heterocycles. The number of carbonyl (C=O) groups is 5. The van der Waals surface area contributed by atoms with Crippen molar-refractivity contribution in [2.75, 3.05) is 13.6 Å². The molecular weight excluding hydrogens is 404 g/mol. The van der Waals surface area contributed by atoms with Crippen LogP contribution in [0.4, 0.5) is 0 Å². The van der Waals surface area contributed by atoms with Crippen LogP contribution in [-0.2, 0) is 28.7 Å². The Morgan fingerprint density at radius 2 is 1.58 bits per heavy atom. The molecule has 0 aromatic rings. The van der Waals surface area contributed by atoms with Gasteiger partial charge in [-0.05, 0) is 34.1 Å². The SMILES string of the molecule is CC[C@H](C)C(=O)CN(C)C(=O)[C@H](CC(N)=O)CC(=O)C[C@H](C(=O)O)C(C)OC(C)(C)C. The highest BCUT2D eigenvalue weighted by Gasteiger charge is 2.33. The van der Waals surface area contributed by atoms with Crippen LogP contribution in [0.25, 0.3) is 0 Å². The van der Waals surface area contributed by atoms with Crippen LogP contribution in [-0.4, -0.2) is 64.7 Å². The minimum atomic E-state index is -1.18. The van der Waals surface area contributed by atoms with Gasteiger partial charge in [0.2, 0.25) is 11.8 Å². The Bertz CT molecular complexity index is 669. The zero-order valence-corrected chi connectivity index (χ0v) is 19.8. The number of rotatable bonds is 14. The van der Waals surface area contributed by atoms with E-state index in [1.54, 1.807) is 34.6 Å². The second-order valence-corrected chi connectivity index (χ2v) is 9.16. The Hall–Kier alpha value is -2.29. The van der Waals surface area contributed by atoms with E-state index >= 15 is 0 Å². The Kier molecular flexibility index (Phi) is 11.6. The normalized spacial score (nSPS) is 15.5. The van der Waals surface area contributed by atoms with Crippen LogP contribution in [0.5, 0.6) is 0 Å². The highest BCUT2D eigenvalue weighted by Crippen LogP contribution is 2.22. The van der Waals surface area contributed by atoms with Crippen LogP contribution in [0, 0.1) is 17.8 Å². The van der Waals surface area contributed by atoms with Crippen molar-refractivity contribution >= 4 is 29.4 Å². The lowest BCUT2D eigenvalue weighted by atomic mass is 9.90. The maximum absolute atomic E-state index is 12.8. The van der Waals surface area contributed by atoms with E-state index in [-0.39, 0.29) is 37.5 Å². The summed E-state index contributed by atoms with van der Waals surface area (Å²) in [5, 5.41) is 9.52. The maximum atomic E-state index is 12.8. The van der Waals surface area contributed by atoms with Crippen LogP contribution >= 0.6 is 0 Å². The largest absolute Gasteiger partial charge is 0.481 e. The van der Waals surface area contributed by atoms with Crippen molar-refractivity contribution in [1.29, 1.82) is 0 Å². The molecule has 0 saturated carbocycles. The number of hydrogen-bond donors (Lipinski definition) is 2. The van der Waals surface area contributed by atoms with Crippen LogP contribution in [0.2, 0.25) is 0 Å². The fourth-order valence-electron chi connectivity index (χ4n) is 3.19. The van der Waals surface area contributed by atoms with Gasteiger partial charge < -0.3 is 20.5 Å². The van der Waals surface area contributed by atoms with Gasteiger partial charge in [-0.1, -0.05) is 13.8 Å². The number of hydrogen-bond acceptors (Lipinski definition) is 6. The van der Waals surface area contributed by atoms with E-state index in [2.05, 4.69) is 0 Å². The molecule has 0 aromatic carbocycles. The standard InChI is InChI=1S/C22H38N2O7/c1-8-13(2)18(26)12-24(7)20(28)15(10-19(23)27)9-16(25)11-17(21(29)30)14(3)31-22(4,5)6/h13-15,17H,8-12H2,1-7H3,(H2,23,27)(H,29,30)/t13-,14?,15-,17-/m0/s1. The van der Waals surface area contributed by atoms with Crippen molar-refractivity contribution in [1.82, 2.24) is 4.90 Å². The first-order valence-corrected chi connectivity index (χ1v) is 10.6. The number of likely N-dealkylation sites (N-methyl/N-ethyl adjacent to an activating group) is 1. The molecule has 0 aliphatic carbocycles. The summed E-state index contributed by atoms with van der Waals surface area (Å²) in [7, 11) is 1.43. The zero-order valence-electron chi connectivity index (χ0n) is 19.8. The fraction of sp³-hybridized carbons (Fsp3) is 0.773. The molecule has 0 saturated heterocycles. The van der Waals surface area contributed by atoms with Crippen LogP contribution in [0.3, 0.4) is 0 Å². The number of ether oxygens (including phenoxy) is 1. The molecule has 0 aliphatic rings. The van der Waals surface area contributed by atoms with E-state index in [0.717, 1.165) is 0 Å². The molecular formula is C22H38N2O7. The first-order chi connectivity index (χ1) is 14.1. The summed E-state index contributed by atoms with van der Waals surface area (Å²) in [6.45, 7) is 10.4. The predicted molar refractivity (Wildman–Crippen MR) is 115 cm³/mol. The number of aliphatic carboxylic acids is 1. The zero-order chi connectivity index (χ0) is 24.5. The van der Waals surface area contributed by atoms with E-state index < -0.39 is 47.1 Å². The van der Waals surface area contributed by atoms with Gasteiger partial charge in [-0.2, -0.15) is 0 Å². The summed E-state index contributed by atoms with van der Waals surface area (Å²) in [6, 6.07) is 0. The number of nitrogens with two attached hydrogens (primary N) is 1. The predicted octanol–water partition coefficient (Wildman–Crippen LogP) is 1.81. The molecule has 0 spiro atoms. The molecule has 3 N–H and O–H groups in total.